The van der Waals surface area contributed by atoms with E-state index in [0.717, 1.165) is 16.5 Å². The van der Waals surface area contributed by atoms with E-state index in [-0.39, 0.29) is 5.78 Å². The molecule has 0 atom stereocenters. The van der Waals surface area contributed by atoms with Crippen LogP contribution in [0.5, 0.6) is 11.5 Å². The van der Waals surface area contributed by atoms with Gasteiger partial charge in [-0.25, -0.2) is 0 Å². The van der Waals surface area contributed by atoms with Gasteiger partial charge >= 0.3 is 0 Å². The van der Waals surface area contributed by atoms with Crippen molar-refractivity contribution >= 4 is 22.8 Å². The Balaban J connectivity index is 1.91. The Morgan fingerprint density at radius 2 is 1.83 bits per heavy atom. The highest BCUT2D eigenvalue weighted by molar-refractivity contribution is 6.08. The van der Waals surface area contributed by atoms with Crippen LogP contribution in [0.3, 0.4) is 0 Å². The van der Waals surface area contributed by atoms with Crippen molar-refractivity contribution in [1.82, 2.24) is 4.57 Å². The van der Waals surface area contributed by atoms with Crippen molar-refractivity contribution < 1.29 is 14.3 Å². The van der Waals surface area contributed by atoms with Crippen LogP contribution in [0.25, 0.3) is 17.0 Å². The van der Waals surface area contributed by atoms with Gasteiger partial charge in [0.2, 0.25) is 5.78 Å². The minimum Gasteiger partial charge on any atom is -0.497 e. The Hall–Kier alpha value is -3.01. The summed E-state index contributed by atoms with van der Waals surface area (Å²) in [7, 11) is 5.10. The molecule has 0 fully saturated rings. The third kappa shape index (κ3) is 2.91. The van der Waals surface area contributed by atoms with Crippen LogP contribution in [0.15, 0.2) is 54.6 Å². The van der Waals surface area contributed by atoms with Gasteiger partial charge in [-0.05, 0) is 36.4 Å². The van der Waals surface area contributed by atoms with Crippen LogP contribution < -0.4 is 9.47 Å². The Morgan fingerprint density at radius 1 is 1.04 bits per heavy atom. The van der Waals surface area contributed by atoms with E-state index in [9.17, 15) is 4.79 Å². The number of hydrogen-bond donors (Lipinski definition) is 0. The number of carbonyl (C=O) groups excluding carboxylic acids is 1. The van der Waals surface area contributed by atoms with Crippen molar-refractivity contribution in [1.29, 1.82) is 0 Å². The van der Waals surface area contributed by atoms with Gasteiger partial charge < -0.3 is 14.0 Å². The molecule has 4 heteroatoms. The molecule has 0 aliphatic rings. The first-order valence-corrected chi connectivity index (χ1v) is 7.63. The van der Waals surface area contributed by atoms with Crippen molar-refractivity contribution in [2.75, 3.05) is 14.2 Å². The molecule has 0 spiro atoms. The Bertz CT molecular complexity index is 922. The Kier molecular flexibility index (Phi) is 4.38. The van der Waals surface area contributed by atoms with Crippen molar-refractivity contribution in [2.45, 2.75) is 0 Å². The molecule has 1 aromatic heterocycles. The summed E-state index contributed by atoms with van der Waals surface area (Å²) in [5.74, 6) is 1.33. The van der Waals surface area contributed by atoms with Gasteiger partial charge in [-0.15, -0.1) is 0 Å². The number of para-hydroxylation sites is 1. The molecule has 0 saturated carbocycles. The molecule has 1 heterocycles. The van der Waals surface area contributed by atoms with Crippen molar-refractivity contribution in [3.63, 3.8) is 0 Å². The topological polar surface area (TPSA) is 40.5 Å². The van der Waals surface area contributed by atoms with Crippen LogP contribution in [0, 0.1) is 0 Å². The molecule has 0 aliphatic heterocycles. The fourth-order valence-electron chi connectivity index (χ4n) is 2.73. The average molecular weight is 321 g/mol. The number of methoxy groups -OCH3 is 2. The van der Waals surface area contributed by atoms with Gasteiger partial charge in [0.1, 0.15) is 11.5 Å². The van der Waals surface area contributed by atoms with E-state index in [4.69, 9.17) is 9.47 Å². The number of aryl methyl sites for hydroxylation is 1. The lowest BCUT2D eigenvalue weighted by molar-refractivity contribution is 0.104. The lowest BCUT2D eigenvalue weighted by Crippen LogP contribution is -2.02. The van der Waals surface area contributed by atoms with E-state index in [1.54, 1.807) is 32.4 Å². The number of benzene rings is 2. The van der Waals surface area contributed by atoms with Gasteiger partial charge in [0, 0.05) is 29.6 Å². The third-order valence-corrected chi connectivity index (χ3v) is 4.06. The summed E-state index contributed by atoms with van der Waals surface area (Å²) in [5, 5.41) is 1.05. The molecule has 0 saturated heterocycles. The molecule has 0 aliphatic carbocycles. The summed E-state index contributed by atoms with van der Waals surface area (Å²) in [4.78, 5) is 12.6. The lowest BCUT2D eigenvalue weighted by atomic mass is 10.1. The average Bonchev–Trinajstić information content (AvgIpc) is 2.96. The molecule has 0 unspecified atom stereocenters. The third-order valence-electron chi connectivity index (χ3n) is 4.06. The molecule has 0 radical (unpaired) electrons. The molecular formula is C20H19NO3. The molecule has 3 aromatic rings. The normalized spacial score (nSPS) is 11.1. The fourth-order valence-corrected chi connectivity index (χ4v) is 2.73. The number of nitrogens with zero attached hydrogens (tertiary/aromatic N) is 1. The predicted octanol–water partition coefficient (Wildman–Crippen LogP) is 4.09. The van der Waals surface area contributed by atoms with Crippen LogP contribution in [0.4, 0.5) is 0 Å². The van der Waals surface area contributed by atoms with Crippen LogP contribution in [0.1, 0.15) is 16.1 Å². The van der Waals surface area contributed by atoms with Gasteiger partial charge in [0.05, 0.1) is 19.9 Å². The zero-order valence-corrected chi connectivity index (χ0v) is 13.9. The van der Waals surface area contributed by atoms with Crippen molar-refractivity contribution in [2.24, 2.45) is 7.05 Å². The summed E-state index contributed by atoms with van der Waals surface area (Å²) in [6, 6.07) is 15.3. The largest absolute Gasteiger partial charge is 0.497 e. The van der Waals surface area contributed by atoms with E-state index >= 15 is 0 Å². The minimum absolute atomic E-state index is 0.0495. The summed E-state index contributed by atoms with van der Waals surface area (Å²) >= 11 is 0. The van der Waals surface area contributed by atoms with E-state index in [2.05, 4.69) is 0 Å². The SMILES string of the molecule is COc1ccc(C=CC(=O)c2cc3ccccc3n2C)c(OC)c1. The molecule has 122 valence electrons. The van der Waals surface area contributed by atoms with Crippen LogP contribution in [0.2, 0.25) is 0 Å². The number of ether oxygens (including phenoxy) is 2. The number of aromatic nitrogens is 1. The maximum absolute atomic E-state index is 12.6. The van der Waals surface area contributed by atoms with Crippen LogP contribution in [-0.4, -0.2) is 24.6 Å². The number of rotatable bonds is 5. The zero-order valence-electron chi connectivity index (χ0n) is 13.9. The quantitative estimate of drug-likeness (QED) is 0.525. The van der Waals surface area contributed by atoms with E-state index < -0.39 is 0 Å². The van der Waals surface area contributed by atoms with Gasteiger partial charge in [-0.3, -0.25) is 4.79 Å². The maximum Gasteiger partial charge on any atom is 0.202 e. The number of allylic oxidation sites excluding steroid dienone is 1. The summed E-state index contributed by atoms with van der Waals surface area (Å²) in [6.07, 6.45) is 3.33. The molecule has 0 bridgehead atoms. The first-order chi connectivity index (χ1) is 11.6. The molecule has 0 amide bonds. The molecule has 2 aromatic carbocycles. The lowest BCUT2D eigenvalue weighted by Gasteiger charge is -2.07. The fraction of sp³-hybridized carbons (Fsp3) is 0.150. The smallest absolute Gasteiger partial charge is 0.202 e. The standard InChI is InChI=1S/C20H19NO3/c1-21-17-7-5-4-6-15(17)12-18(21)19(22)11-9-14-8-10-16(23-2)13-20(14)24-3/h4-13H,1-3H3. The van der Waals surface area contributed by atoms with Crippen molar-refractivity contribution in [3.8, 4) is 11.5 Å². The maximum atomic E-state index is 12.6. The summed E-state index contributed by atoms with van der Waals surface area (Å²) in [6.45, 7) is 0. The molecule has 3 rings (SSSR count). The summed E-state index contributed by atoms with van der Waals surface area (Å²) < 4.78 is 12.4. The number of carbonyl (C=O) groups is 1. The number of ketones is 1. The van der Waals surface area contributed by atoms with E-state index in [1.807, 2.05) is 54.1 Å². The number of hydrogen-bond acceptors (Lipinski definition) is 3. The van der Waals surface area contributed by atoms with E-state index in [0.29, 0.717) is 17.2 Å². The second-order valence-electron chi connectivity index (χ2n) is 5.45. The van der Waals surface area contributed by atoms with Crippen LogP contribution >= 0.6 is 0 Å². The van der Waals surface area contributed by atoms with Crippen LogP contribution in [-0.2, 0) is 7.05 Å². The van der Waals surface area contributed by atoms with Gasteiger partial charge in [0.15, 0.2) is 0 Å². The van der Waals surface area contributed by atoms with Gasteiger partial charge in [0.25, 0.3) is 0 Å². The molecule has 0 N–H and O–H groups in total. The molecule has 4 nitrogen and oxygen atoms in total. The molecule has 24 heavy (non-hydrogen) atoms. The summed E-state index contributed by atoms with van der Waals surface area (Å²) in [5.41, 5.74) is 2.52. The zero-order chi connectivity index (χ0) is 17.1. The Morgan fingerprint density at radius 3 is 2.54 bits per heavy atom. The van der Waals surface area contributed by atoms with E-state index in [1.165, 1.54) is 0 Å². The minimum atomic E-state index is -0.0495. The van der Waals surface area contributed by atoms with Gasteiger partial charge in [-0.1, -0.05) is 18.2 Å². The highest BCUT2D eigenvalue weighted by atomic mass is 16.5. The highest BCUT2D eigenvalue weighted by Crippen LogP contribution is 2.26. The first-order valence-electron chi connectivity index (χ1n) is 7.63. The van der Waals surface area contributed by atoms with Gasteiger partial charge in [-0.2, -0.15) is 0 Å². The molecular weight excluding hydrogens is 302 g/mol. The monoisotopic (exact) mass is 321 g/mol. The first kappa shape index (κ1) is 15.9. The van der Waals surface area contributed by atoms with Crippen molar-refractivity contribution in [3.05, 3.63) is 65.9 Å². The Labute approximate surface area is 140 Å². The highest BCUT2D eigenvalue weighted by Gasteiger charge is 2.11. The predicted molar refractivity (Wildman–Crippen MR) is 95.8 cm³/mol. The second kappa shape index (κ2) is 6.62. The second-order valence-corrected chi connectivity index (χ2v) is 5.45. The number of fused-ring (bicyclic) bond motifs is 1.